The van der Waals surface area contributed by atoms with Crippen LogP contribution in [0, 0.1) is 111 Å². The molecular formula is C65H92O7. The Morgan fingerprint density at radius 3 is 1.04 bits per heavy atom. The van der Waals surface area contributed by atoms with Crippen LogP contribution in [0.4, 0.5) is 0 Å². The molecule has 7 nitrogen and oxygen atoms in total. The zero-order valence-corrected chi connectivity index (χ0v) is 48.5. The van der Waals surface area contributed by atoms with E-state index in [1.807, 2.05) is 0 Å². The Morgan fingerprint density at radius 1 is 0.403 bits per heavy atom. The van der Waals surface area contributed by atoms with Crippen LogP contribution in [0.15, 0.2) is 0 Å². The quantitative estimate of drug-likeness (QED) is 0.0425. The molecule has 4 aromatic carbocycles. The predicted molar refractivity (Wildman–Crippen MR) is 302 cm³/mol. The van der Waals surface area contributed by atoms with Gasteiger partial charge in [-0.15, -0.1) is 0 Å². The summed E-state index contributed by atoms with van der Waals surface area (Å²) in [5.41, 5.74) is 31.7. The monoisotopic (exact) mass is 985 g/mol. The summed E-state index contributed by atoms with van der Waals surface area (Å²) < 4.78 is 35.7. The fourth-order valence-electron chi connectivity index (χ4n) is 11.6. The summed E-state index contributed by atoms with van der Waals surface area (Å²) >= 11 is 0. The minimum absolute atomic E-state index is 0.130. The molecule has 394 valence electrons. The molecule has 7 heteroatoms. The summed E-state index contributed by atoms with van der Waals surface area (Å²) in [4.78, 5) is 0. The normalized spacial score (nSPS) is 16.5. The number of hydrogen-bond donors (Lipinski definition) is 1. The Hall–Kier alpha value is -4.40. The smallest absolute Gasteiger partial charge is 0.125 e. The first-order chi connectivity index (χ1) is 34.0. The number of aliphatic hydroxyl groups is 1. The summed E-state index contributed by atoms with van der Waals surface area (Å²) in [6.45, 7) is 48.8. The average Bonchev–Trinajstić information content (AvgIpc) is 4.30. The first-order valence-corrected chi connectivity index (χ1v) is 27.2. The molecular weight excluding hydrogens is 893 g/mol. The van der Waals surface area contributed by atoms with Gasteiger partial charge in [0.15, 0.2) is 0 Å². The molecule has 0 amide bonds. The van der Waals surface area contributed by atoms with E-state index in [0.29, 0.717) is 12.7 Å². The second-order valence-corrected chi connectivity index (χ2v) is 21.9. The average molecular weight is 985 g/mol. The molecule has 2 saturated heterocycles. The lowest BCUT2D eigenvalue weighted by atomic mass is 9.81. The molecule has 2 heterocycles. The molecule has 0 bridgehead atoms. The Morgan fingerprint density at radius 2 is 0.694 bits per heavy atom. The van der Waals surface area contributed by atoms with Crippen LogP contribution in [0.25, 0.3) is 22.3 Å². The van der Waals surface area contributed by atoms with E-state index >= 15 is 0 Å². The number of rotatable bonds is 24. The predicted octanol–water partition coefficient (Wildman–Crippen LogP) is 15.4. The van der Waals surface area contributed by atoms with Gasteiger partial charge < -0.3 is 33.5 Å². The number of ether oxygens (including phenoxy) is 6. The molecule has 2 fully saturated rings. The van der Waals surface area contributed by atoms with Crippen LogP contribution in [0.5, 0.6) is 17.2 Å². The molecule has 3 atom stereocenters. The van der Waals surface area contributed by atoms with Gasteiger partial charge in [0, 0.05) is 6.61 Å². The maximum Gasteiger partial charge on any atom is 0.125 e. The summed E-state index contributed by atoms with van der Waals surface area (Å²) in [7, 11) is 0. The first-order valence-electron chi connectivity index (χ1n) is 27.2. The minimum atomic E-state index is -0.819. The first kappa shape index (κ1) is 56.9. The van der Waals surface area contributed by atoms with Gasteiger partial charge in [0.05, 0.1) is 19.8 Å². The van der Waals surface area contributed by atoms with Gasteiger partial charge in [-0.05, 0) is 297 Å². The van der Waals surface area contributed by atoms with Gasteiger partial charge in [0.25, 0.3) is 0 Å². The van der Waals surface area contributed by atoms with E-state index in [2.05, 4.69) is 138 Å². The molecule has 2 aliphatic heterocycles. The maximum absolute atomic E-state index is 11.4. The third-order valence-corrected chi connectivity index (χ3v) is 17.4. The number of allylic oxidation sites excluding steroid dienone is 4. The lowest BCUT2D eigenvalue weighted by Gasteiger charge is -2.26. The van der Waals surface area contributed by atoms with Gasteiger partial charge in [0.2, 0.25) is 0 Å². The molecule has 72 heavy (non-hydrogen) atoms. The van der Waals surface area contributed by atoms with Crippen molar-refractivity contribution in [3.05, 3.63) is 117 Å². The Bertz CT molecular complexity index is 2600. The summed E-state index contributed by atoms with van der Waals surface area (Å²) in [6, 6.07) is 0. The highest BCUT2D eigenvalue weighted by molar-refractivity contribution is 5.95. The summed E-state index contributed by atoms with van der Waals surface area (Å²) in [5.74, 6) is 2.67. The SMILES string of the molecule is C/C(=C(/C)c1c(C)c(C)c(OCC(O)COc2c(C)c(C)c(/C(C)=C(\C)c3c(C)c(C)c(OCC4CO4)c(C)c3C)c(C)c2C)c(C)c1C)c1c(C)c(C)c(CCCCCCCCOCC2CO2)c(C)c1C. The Balaban J connectivity index is 1.12. The van der Waals surface area contributed by atoms with Crippen molar-refractivity contribution < 1.29 is 33.5 Å². The zero-order chi connectivity index (χ0) is 53.0. The molecule has 0 radical (unpaired) electrons. The molecule has 0 aromatic heterocycles. The van der Waals surface area contributed by atoms with Crippen molar-refractivity contribution in [3.8, 4) is 17.2 Å². The fourth-order valence-corrected chi connectivity index (χ4v) is 11.6. The summed E-state index contributed by atoms with van der Waals surface area (Å²) in [6.07, 6.45) is 8.35. The third-order valence-electron chi connectivity index (χ3n) is 17.4. The van der Waals surface area contributed by atoms with Crippen molar-refractivity contribution >= 4 is 22.3 Å². The van der Waals surface area contributed by atoms with Crippen LogP contribution >= 0.6 is 0 Å². The van der Waals surface area contributed by atoms with E-state index in [9.17, 15) is 5.11 Å². The van der Waals surface area contributed by atoms with Crippen molar-refractivity contribution in [1.29, 1.82) is 0 Å². The van der Waals surface area contributed by atoms with Gasteiger partial charge in [-0.25, -0.2) is 0 Å². The number of unbranched alkanes of at least 4 members (excludes halogenated alkanes) is 5. The molecule has 4 aromatic rings. The number of aliphatic hydroxyl groups excluding tert-OH is 1. The zero-order valence-electron chi connectivity index (χ0n) is 48.5. The van der Waals surface area contributed by atoms with Gasteiger partial charge in [0.1, 0.15) is 55.4 Å². The molecule has 6 rings (SSSR count). The largest absolute Gasteiger partial charge is 0.490 e. The highest BCUT2D eigenvalue weighted by Crippen LogP contribution is 2.44. The molecule has 0 aliphatic carbocycles. The number of epoxide rings is 2. The van der Waals surface area contributed by atoms with E-state index in [1.165, 1.54) is 149 Å². The van der Waals surface area contributed by atoms with Crippen molar-refractivity contribution in [1.82, 2.24) is 0 Å². The van der Waals surface area contributed by atoms with Gasteiger partial charge >= 0.3 is 0 Å². The van der Waals surface area contributed by atoms with Gasteiger partial charge in [-0.3, -0.25) is 0 Å². The standard InChI is InChI=1S/C65H92O7/c1-35-37(3)59(38(4)36(2)58(35)27-25-23-21-22-24-26-28-67-31-56-32-68-56)39(5)40(6)60-43(9)49(15)63(50(16)44(60)10)70-29-55(66)30-71-64-51(17)45(11)61(46(12)52(64)18)41(7)42(8)62-47(13)53(19)65(54(20)48(62)14)72-34-57-33-69-57/h55-57,66H,21-34H2,1-20H3/b40-39+,42-41+. The maximum atomic E-state index is 11.4. The number of hydrogen-bond acceptors (Lipinski definition) is 7. The van der Waals surface area contributed by atoms with Crippen LogP contribution in [0.2, 0.25) is 0 Å². The van der Waals surface area contributed by atoms with Crippen LogP contribution in [0.3, 0.4) is 0 Å². The lowest BCUT2D eigenvalue weighted by molar-refractivity contribution is 0.0616. The van der Waals surface area contributed by atoms with E-state index < -0.39 is 6.10 Å². The molecule has 3 unspecified atom stereocenters. The van der Waals surface area contributed by atoms with E-state index in [0.717, 1.165) is 78.8 Å². The van der Waals surface area contributed by atoms with E-state index in [1.54, 1.807) is 0 Å². The Labute approximate surface area is 436 Å². The van der Waals surface area contributed by atoms with Crippen LogP contribution in [-0.4, -0.2) is 69.7 Å². The van der Waals surface area contributed by atoms with E-state index in [-0.39, 0.29) is 19.3 Å². The van der Waals surface area contributed by atoms with Crippen molar-refractivity contribution in [2.75, 3.05) is 46.2 Å². The van der Waals surface area contributed by atoms with E-state index in [4.69, 9.17) is 28.4 Å². The van der Waals surface area contributed by atoms with Crippen LogP contribution in [-0.2, 0) is 20.6 Å². The Kier molecular flexibility index (Phi) is 19.2. The van der Waals surface area contributed by atoms with Crippen molar-refractivity contribution in [3.63, 3.8) is 0 Å². The highest BCUT2D eigenvalue weighted by Gasteiger charge is 2.27. The van der Waals surface area contributed by atoms with Crippen molar-refractivity contribution in [2.24, 2.45) is 0 Å². The third kappa shape index (κ3) is 12.2. The fraction of sp³-hybridized carbons (Fsp3) is 0.569. The topological polar surface area (TPSA) is 82.2 Å². The van der Waals surface area contributed by atoms with Crippen molar-refractivity contribution in [2.45, 2.75) is 202 Å². The second kappa shape index (κ2) is 24.3. The van der Waals surface area contributed by atoms with Gasteiger partial charge in [-0.2, -0.15) is 0 Å². The lowest BCUT2D eigenvalue weighted by Crippen LogP contribution is -2.26. The molecule has 0 saturated carbocycles. The molecule has 0 spiro atoms. The van der Waals surface area contributed by atoms with Crippen LogP contribution in [0.1, 0.15) is 183 Å². The molecule has 2 aliphatic rings. The highest BCUT2D eigenvalue weighted by atomic mass is 16.6. The molecule has 1 N–H and O–H groups in total. The number of benzene rings is 4. The summed E-state index contributed by atoms with van der Waals surface area (Å²) in [5, 5.41) is 11.4. The second-order valence-electron chi connectivity index (χ2n) is 21.9. The van der Waals surface area contributed by atoms with Gasteiger partial charge in [-0.1, -0.05) is 25.7 Å². The van der Waals surface area contributed by atoms with Crippen LogP contribution < -0.4 is 14.2 Å². The minimum Gasteiger partial charge on any atom is -0.490 e.